The first-order valence-electron chi connectivity index (χ1n) is 10.7. The van der Waals surface area contributed by atoms with Gasteiger partial charge in [0.25, 0.3) is 0 Å². The highest BCUT2D eigenvalue weighted by Crippen LogP contribution is 2.43. The van der Waals surface area contributed by atoms with Crippen molar-refractivity contribution in [2.24, 2.45) is 5.92 Å². The van der Waals surface area contributed by atoms with Crippen molar-refractivity contribution in [2.45, 2.75) is 25.3 Å². The van der Waals surface area contributed by atoms with Gasteiger partial charge in [0.05, 0.1) is 41.7 Å². The lowest BCUT2D eigenvalue weighted by Gasteiger charge is -2.32. The summed E-state index contributed by atoms with van der Waals surface area (Å²) < 4.78 is 65.3. The van der Waals surface area contributed by atoms with Gasteiger partial charge < -0.3 is 28.5 Å². The molecule has 0 aliphatic heterocycles. The van der Waals surface area contributed by atoms with Gasteiger partial charge in [-0.3, -0.25) is 9.59 Å². The van der Waals surface area contributed by atoms with Crippen LogP contribution < -0.4 is 19.6 Å². The van der Waals surface area contributed by atoms with Crippen LogP contribution in [0.15, 0.2) is 45.6 Å². The Morgan fingerprint density at radius 3 is 2.56 bits per heavy atom. The molecule has 1 aliphatic rings. The fraction of sp³-hybridized carbons (Fsp3) is 0.333. The first-order valence-corrected chi connectivity index (χ1v) is 11.1. The Morgan fingerprint density at radius 2 is 1.89 bits per heavy atom. The lowest BCUT2D eigenvalue weighted by molar-refractivity contribution is -0.275. The molecular formula is C24H20ClF3O8. The minimum atomic E-state index is -5.01. The van der Waals surface area contributed by atoms with Crippen molar-refractivity contribution in [1.29, 1.82) is 0 Å². The molecule has 4 rings (SSSR count). The van der Waals surface area contributed by atoms with E-state index < -0.39 is 29.4 Å². The van der Waals surface area contributed by atoms with Gasteiger partial charge in [0.15, 0.2) is 22.5 Å². The number of rotatable bonds is 9. The number of fused-ring (bicyclic) bond motifs is 1. The molecule has 192 valence electrons. The normalized spacial score (nSPS) is 17.5. The number of halogens is 4. The van der Waals surface area contributed by atoms with E-state index in [0.29, 0.717) is 12.8 Å². The molecule has 1 aromatic heterocycles. The zero-order valence-corrected chi connectivity index (χ0v) is 19.5. The highest BCUT2D eigenvalue weighted by molar-refractivity contribution is 6.34. The zero-order valence-electron chi connectivity index (χ0n) is 18.8. The van der Waals surface area contributed by atoms with Crippen LogP contribution in [0, 0.1) is 5.92 Å². The summed E-state index contributed by atoms with van der Waals surface area (Å²) in [6, 6.07) is 7.87. The smallest absolute Gasteiger partial charge is 0.493 e. The molecule has 36 heavy (non-hydrogen) atoms. The van der Waals surface area contributed by atoms with Crippen molar-refractivity contribution in [3.63, 3.8) is 0 Å². The number of carboxylic acid groups (broad SMARTS) is 1. The molecule has 3 aromatic rings. The molecule has 8 nitrogen and oxygen atoms in total. The number of hydrogen-bond donors (Lipinski definition) is 1. The Morgan fingerprint density at radius 1 is 1.14 bits per heavy atom. The van der Waals surface area contributed by atoms with Crippen molar-refractivity contribution in [1.82, 2.24) is 0 Å². The number of methoxy groups -OCH3 is 1. The summed E-state index contributed by atoms with van der Waals surface area (Å²) in [4.78, 5) is 23.6. The van der Waals surface area contributed by atoms with Crippen molar-refractivity contribution in [2.75, 3.05) is 20.3 Å². The molecule has 1 fully saturated rings. The topological polar surface area (TPSA) is 104 Å². The van der Waals surface area contributed by atoms with Gasteiger partial charge in [0.2, 0.25) is 0 Å². The van der Waals surface area contributed by atoms with Gasteiger partial charge in [-0.15, -0.1) is 13.2 Å². The van der Waals surface area contributed by atoms with Crippen molar-refractivity contribution in [3.05, 3.63) is 51.6 Å². The Hall–Kier alpha value is -3.44. The minimum Gasteiger partial charge on any atom is -0.493 e. The molecule has 0 bridgehead atoms. The number of carboxylic acids is 1. The molecule has 1 saturated carbocycles. The third-order valence-corrected chi connectivity index (χ3v) is 5.90. The average Bonchev–Trinajstić information content (AvgIpc) is 2.77. The van der Waals surface area contributed by atoms with E-state index in [0.717, 1.165) is 19.2 Å². The van der Waals surface area contributed by atoms with E-state index in [9.17, 15) is 22.8 Å². The van der Waals surface area contributed by atoms with E-state index in [-0.39, 0.29) is 58.1 Å². The molecule has 0 amide bonds. The van der Waals surface area contributed by atoms with Crippen molar-refractivity contribution < 1.29 is 46.4 Å². The Balaban J connectivity index is 1.65. The Labute approximate surface area is 207 Å². The van der Waals surface area contributed by atoms with Gasteiger partial charge in [-0.2, -0.15) is 0 Å². The fourth-order valence-electron chi connectivity index (χ4n) is 3.76. The summed E-state index contributed by atoms with van der Waals surface area (Å²) in [6.07, 6.45) is -4.45. The van der Waals surface area contributed by atoms with Crippen molar-refractivity contribution >= 4 is 28.5 Å². The van der Waals surface area contributed by atoms with E-state index in [1.165, 1.54) is 18.2 Å². The predicted molar refractivity (Wildman–Crippen MR) is 122 cm³/mol. The van der Waals surface area contributed by atoms with Crippen LogP contribution >= 0.6 is 11.6 Å². The molecule has 0 spiro atoms. The van der Waals surface area contributed by atoms with E-state index in [1.54, 1.807) is 6.07 Å². The van der Waals surface area contributed by atoms with Gasteiger partial charge in [-0.1, -0.05) is 17.7 Å². The molecule has 12 heteroatoms. The van der Waals surface area contributed by atoms with Crippen molar-refractivity contribution in [3.8, 4) is 28.6 Å². The SMILES string of the molecule is COc1cc(OCCOC2CC(C(=O)O)C2)c(-c2cc(=O)c3cccc(Cl)c3o2)cc1OC(F)(F)F. The standard InChI is InChI=1S/C24H20ClF3O8/c1-32-20-11-18(34-6-5-33-13-7-12(8-13)23(30)31)15(9-21(20)36-24(26,27)28)19-10-17(29)14-3-2-4-16(25)22(14)35-19/h2-4,9-13H,5-8H2,1H3,(H,30,31). The summed E-state index contributed by atoms with van der Waals surface area (Å²) in [5.74, 6) is -2.31. The molecule has 0 unspecified atom stereocenters. The van der Waals surface area contributed by atoms with Crippen LogP contribution in [0.2, 0.25) is 5.02 Å². The number of hydrogen-bond acceptors (Lipinski definition) is 7. The Kier molecular flexibility index (Phi) is 7.32. The van der Waals surface area contributed by atoms with Gasteiger partial charge >= 0.3 is 12.3 Å². The van der Waals surface area contributed by atoms with E-state index in [4.69, 9.17) is 35.3 Å². The van der Waals surface area contributed by atoms with E-state index >= 15 is 0 Å². The molecule has 1 aliphatic carbocycles. The summed E-state index contributed by atoms with van der Waals surface area (Å²) in [5, 5.41) is 9.28. The van der Waals surface area contributed by atoms with Crippen LogP contribution in [0.5, 0.6) is 17.2 Å². The highest BCUT2D eigenvalue weighted by Gasteiger charge is 2.35. The predicted octanol–water partition coefficient (Wildman–Crippen LogP) is 5.28. The number of aliphatic carboxylic acids is 1. The van der Waals surface area contributed by atoms with Crippen LogP contribution in [0.3, 0.4) is 0 Å². The lowest BCUT2D eigenvalue weighted by Crippen LogP contribution is -2.37. The first kappa shape index (κ1) is 25.6. The highest BCUT2D eigenvalue weighted by atomic mass is 35.5. The summed E-state index contributed by atoms with van der Waals surface area (Å²) in [5.41, 5.74) is -0.415. The van der Waals surface area contributed by atoms with E-state index in [1.807, 2.05) is 0 Å². The van der Waals surface area contributed by atoms with Gasteiger partial charge in [0.1, 0.15) is 18.1 Å². The summed E-state index contributed by atoms with van der Waals surface area (Å²) in [7, 11) is 1.16. The summed E-state index contributed by atoms with van der Waals surface area (Å²) in [6.45, 7) is 0.0650. The van der Waals surface area contributed by atoms with Gasteiger partial charge in [-0.05, 0) is 31.0 Å². The molecule has 1 N–H and O–H groups in total. The van der Waals surface area contributed by atoms with Gasteiger partial charge in [-0.25, -0.2) is 0 Å². The molecule has 1 heterocycles. The van der Waals surface area contributed by atoms with Crippen LogP contribution in [-0.2, 0) is 9.53 Å². The largest absolute Gasteiger partial charge is 0.573 e. The third-order valence-electron chi connectivity index (χ3n) is 5.60. The molecule has 0 saturated heterocycles. The maximum atomic E-state index is 13.0. The number of para-hydroxylation sites is 1. The molecular weight excluding hydrogens is 509 g/mol. The fourth-order valence-corrected chi connectivity index (χ4v) is 3.98. The summed E-state index contributed by atoms with van der Waals surface area (Å²) >= 11 is 6.16. The zero-order chi connectivity index (χ0) is 26.0. The second-order valence-electron chi connectivity index (χ2n) is 7.99. The third kappa shape index (κ3) is 5.68. The van der Waals surface area contributed by atoms with Crippen LogP contribution in [0.1, 0.15) is 12.8 Å². The van der Waals surface area contributed by atoms with E-state index in [2.05, 4.69) is 4.74 Å². The van der Waals surface area contributed by atoms with Crippen LogP contribution in [-0.4, -0.2) is 43.9 Å². The minimum absolute atomic E-state index is 0.0106. The van der Waals surface area contributed by atoms with Crippen LogP contribution in [0.4, 0.5) is 13.2 Å². The van der Waals surface area contributed by atoms with Gasteiger partial charge in [0, 0.05) is 12.1 Å². The van der Waals surface area contributed by atoms with Crippen LogP contribution in [0.25, 0.3) is 22.3 Å². The lowest BCUT2D eigenvalue weighted by atomic mass is 9.82. The molecule has 0 atom stereocenters. The monoisotopic (exact) mass is 528 g/mol. The maximum Gasteiger partial charge on any atom is 0.573 e. The molecule has 0 radical (unpaired) electrons. The quantitative estimate of drug-likeness (QED) is 0.374. The first-order chi connectivity index (χ1) is 17.1. The Bertz CT molecular complexity index is 1330. The maximum absolute atomic E-state index is 13.0. The molecule has 2 aromatic carbocycles. The average molecular weight is 529 g/mol. The second-order valence-corrected chi connectivity index (χ2v) is 8.39. The number of alkyl halides is 3. The number of ether oxygens (including phenoxy) is 4. The number of benzene rings is 2. The number of carbonyl (C=O) groups is 1. The second kappa shape index (κ2) is 10.3.